The monoisotopic (exact) mass is 443 g/mol. The van der Waals surface area contributed by atoms with Crippen LogP contribution in [-0.2, 0) is 14.3 Å². The molecule has 0 bridgehead atoms. The minimum absolute atomic E-state index is 0.0418. The van der Waals surface area contributed by atoms with Crippen LogP contribution in [0.2, 0.25) is 0 Å². The summed E-state index contributed by atoms with van der Waals surface area (Å²) in [6.45, 7) is 0. The third kappa shape index (κ3) is 3.96. The molecule has 7 heteroatoms. The number of nitrogens with zero attached hydrogens (tertiary/aromatic N) is 1. The summed E-state index contributed by atoms with van der Waals surface area (Å²) in [4.78, 5) is 39.7. The van der Waals surface area contributed by atoms with Gasteiger partial charge in [0.2, 0.25) is 0 Å². The molecule has 0 saturated carbocycles. The van der Waals surface area contributed by atoms with E-state index in [0.717, 1.165) is 0 Å². The molecule has 3 aromatic rings. The Labute approximate surface area is 190 Å². The lowest BCUT2D eigenvalue weighted by Gasteiger charge is -2.25. The molecule has 166 valence electrons. The number of aliphatic hydroxyl groups excluding tert-OH is 1. The van der Waals surface area contributed by atoms with Crippen LogP contribution in [0.25, 0.3) is 5.76 Å². The molecule has 1 heterocycles. The molecular formula is C26H21NO6. The summed E-state index contributed by atoms with van der Waals surface area (Å²) in [5.41, 5.74) is 1.54. The van der Waals surface area contributed by atoms with Gasteiger partial charge in [0.1, 0.15) is 11.5 Å². The quantitative estimate of drug-likeness (QED) is 0.276. The number of carbonyl (C=O) groups is 3. The highest BCUT2D eigenvalue weighted by Crippen LogP contribution is 2.42. The zero-order valence-electron chi connectivity index (χ0n) is 18.0. The van der Waals surface area contributed by atoms with Gasteiger partial charge in [-0.25, -0.2) is 4.79 Å². The van der Waals surface area contributed by atoms with Crippen LogP contribution in [0, 0.1) is 0 Å². The molecule has 1 N–H and O–H groups in total. The Balaban J connectivity index is 1.90. The van der Waals surface area contributed by atoms with Crippen LogP contribution < -0.4 is 9.64 Å². The van der Waals surface area contributed by atoms with Crippen molar-refractivity contribution in [1.82, 2.24) is 0 Å². The summed E-state index contributed by atoms with van der Waals surface area (Å²) in [7, 11) is 2.79. The predicted molar refractivity (Wildman–Crippen MR) is 122 cm³/mol. The summed E-state index contributed by atoms with van der Waals surface area (Å²) < 4.78 is 9.93. The highest BCUT2D eigenvalue weighted by atomic mass is 16.5. The number of ether oxygens (including phenoxy) is 2. The lowest BCUT2D eigenvalue weighted by atomic mass is 9.95. The highest BCUT2D eigenvalue weighted by Gasteiger charge is 2.47. The molecule has 1 aliphatic heterocycles. The lowest BCUT2D eigenvalue weighted by molar-refractivity contribution is -0.132. The van der Waals surface area contributed by atoms with E-state index < -0.39 is 23.7 Å². The number of methoxy groups -OCH3 is 2. The third-order valence-corrected chi connectivity index (χ3v) is 5.47. The van der Waals surface area contributed by atoms with Gasteiger partial charge in [0, 0.05) is 11.3 Å². The topological polar surface area (TPSA) is 93.1 Å². The molecule has 3 aromatic carbocycles. The molecule has 0 aromatic heterocycles. The van der Waals surface area contributed by atoms with Gasteiger partial charge in [0.15, 0.2) is 0 Å². The van der Waals surface area contributed by atoms with Crippen LogP contribution in [-0.4, -0.2) is 37.0 Å². The Kier molecular flexibility index (Phi) is 5.95. The average molecular weight is 443 g/mol. The van der Waals surface area contributed by atoms with Crippen LogP contribution in [0.1, 0.15) is 27.5 Å². The summed E-state index contributed by atoms with van der Waals surface area (Å²) in [5.74, 6) is -1.90. The van der Waals surface area contributed by atoms with Gasteiger partial charge < -0.3 is 14.6 Å². The fourth-order valence-corrected chi connectivity index (χ4v) is 3.85. The van der Waals surface area contributed by atoms with E-state index >= 15 is 0 Å². The summed E-state index contributed by atoms with van der Waals surface area (Å²) in [5, 5.41) is 11.1. The van der Waals surface area contributed by atoms with Crippen LogP contribution >= 0.6 is 0 Å². The number of esters is 1. The van der Waals surface area contributed by atoms with Crippen LogP contribution in [0.15, 0.2) is 84.4 Å². The van der Waals surface area contributed by atoms with Crippen LogP contribution in [0.3, 0.4) is 0 Å². The largest absolute Gasteiger partial charge is 0.507 e. The molecule has 4 rings (SSSR count). The maximum atomic E-state index is 13.2. The summed E-state index contributed by atoms with van der Waals surface area (Å²) >= 11 is 0. The van der Waals surface area contributed by atoms with E-state index in [0.29, 0.717) is 22.6 Å². The molecule has 1 unspecified atom stereocenters. The second-order valence-electron chi connectivity index (χ2n) is 7.35. The molecule has 1 atom stereocenters. The zero-order chi connectivity index (χ0) is 23.5. The first-order valence-electron chi connectivity index (χ1n) is 10.1. The van der Waals surface area contributed by atoms with Crippen LogP contribution in [0.5, 0.6) is 5.75 Å². The van der Waals surface area contributed by atoms with Gasteiger partial charge in [-0.05, 0) is 48.0 Å². The van der Waals surface area contributed by atoms with E-state index in [1.165, 1.54) is 25.2 Å². The average Bonchev–Trinajstić information content (AvgIpc) is 3.14. The van der Waals surface area contributed by atoms with E-state index in [9.17, 15) is 19.5 Å². The molecule has 7 nitrogen and oxygen atoms in total. The van der Waals surface area contributed by atoms with Crippen molar-refractivity contribution in [2.45, 2.75) is 6.04 Å². The normalized spacial score (nSPS) is 17.2. The number of rotatable bonds is 5. The number of aliphatic hydroxyl groups is 1. The molecule has 0 radical (unpaired) electrons. The predicted octanol–water partition coefficient (Wildman–Crippen LogP) is 4.11. The number of amides is 1. The third-order valence-electron chi connectivity index (χ3n) is 5.47. The number of carbonyl (C=O) groups excluding carboxylic acids is 3. The SMILES string of the molecule is COC(=O)c1cccc(N2C(=O)C(=O)/C(=C(/O)c3ccc(OC)cc3)C2c2ccccc2)c1. The zero-order valence-corrected chi connectivity index (χ0v) is 18.0. The van der Waals surface area contributed by atoms with Crippen molar-refractivity contribution in [3.8, 4) is 5.75 Å². The molecule has 1 saturated heterocycles. The van der Waals surface area contributed by atoms with Gasteiger partial charge in [0.05, 0.1) is 31.4 Å². The van der Waals surface area contributed by atoms with E-state index in [2.05, 4.69) is 0 Å². The number of anilines is 1. The van der Waals surface area contributed by atoms with E-state index in [1.54, 1.807) is 66.7 Å². The maximum Gasteiger partial charge on any atom is 0.337 e. The number of Topliss-reactive ketones (excluding diaryl/α,β-unsaturated/α-hetero) is 1. The van der Waals surface area contributed by atoms with Crippen molar-refractivity contribution in [2.24, 2.45) is 0 Å². The Morgan fingerprint density at radius 1 is 0.879 bits per heavy atom. The van der Waals surface area contributed by atoms with Gasteiger partial charge in [-0.1, -0.05) is 36.4 Å². The van der Waals surface area contributed by atoms with Gasteiger partial charge in [0.25, 0.3) is 11.7 Å². The van der Waals surface area contributed by atoms with Crippen molar-refractivity contribution in [3.63, 3.8) is 0 Å². The summed E-state index contributed by atoms with van der Waals surface area (Å²) in [6, 6.07) is 20.9. The molecule has 0 aliphatic carbocycles. The highest BCUT2D eigenvalue weighted by molar-refractivity contribution is 6.51. The molecule has 0 spiro atoms. The van der Waals surface area contributed by atoms with E-state index in [1.807, 2.05) is 6.07 Å². The van der Waals surface area contributed by atoms with E-state index in [-0.39, 0.29) is 16.9 Å². The fourth-order valence-electron chi connectivity index (χ4n) is 3.85. The Hall–Kier alpha value is -4.39. The molecule has 1 fully saturated rings. The second-order valence-corrected chi connectivity index (χ2v) is 7.35. The van der Waals surface area contributed by atoms with Crippen molar-refractivity contribution in [1.29, 1.82) is 0 Å². The Bertz CT molecular complexity index is 1250. The minimum atomic E-state index is -0.888. The first kappa shape index (κ1) is 21.8. The number of hydrogen-bond donors (Lipinski definition) is 1. The molecule has 1 aliphatic rings. The minimum Gasteiger partial charge on any atom is -0.507 e. The summed E-state index contributed by atoms with van der Waals surface area (Å²) in [6.07, 6.45) is 0. The molecule has 33 heavy (non-hydrogen) atoms. The molecular weight excluding hydrogens is 422 g/mol. The number of hydrogen-bond acceptors (Lipinski definition) is 6. The Morgan fingerprint density at radius 3 is 2.21 bits per heavy atom. The van der Waals surface area contributed by atoms with Gasteiger partial charge in [-0.2, -0.15) is 0 Å². The van der Waals surface area contributed by atoms with Crippen molar-refractivity contribution >= 4 is 29.1 Å². The number of ketones is 1. The van der Waals surface area contributed by atoms with Crippen molar-refractivity contribution in [2.75, 3.05) is 19.1 Å². The van der Waals surface area contributed by atoms with Gasteiger partial charge in [-0.15, -0.1) is 0 Å². The standard InChI is InChI=1S/C26H21NO6/c1-32-20-13-11-17(12-14-20)23(28)21-22(16-7-4-3-5-8-16)27(25(30)24(21)29)19-10-6-9-18(15-19)26(31)33-2/h3-15,22,28H,1-2H3/b23-21+. The number of benzene rings is 3. The van der Waals surface area contributed by atoms with Crippen LogP contribution in [0.4, 0.5) is 5.69 Å². The van der Waals surface area contributed by atoms with Gasteiger partial charge in [-0.3, -0.25) is 14.5 Å². The Morgan fingerprint density at radius 2 is 1.58 bits per heavy atom. The molecule has 1 amide bonds. The smallest absolute Gasteiger partial charge is 0.337 e. The first-order valence-corrected chi connectivity index (χ1v) is 10.1. The van der Waals surface area contributed by atoms with Gasteiger partial charge >= 0.3 is 5.97 Å². The first-order chi connectivity index (χ1) is 16.0. The maximum absolute atomic E-state index is 13.2. The lowest BCUT2D eigenvalue weighted by Crippen LogP contribution is -2.29. The van der Waals surface area contributed by atoms with Crippen molar-refractivity contribution in [3.05, 3.63) is 101 Å². The van der Waals surface area contributed by atoms with Crippen molar-refractivity contribution < 1.29 is 29.0 Å². The fraction of sp³-hybridized carbons (Fsp3) is 0.115. The van der Waals surface area contributed by atoms with E-state index in [4.69, 9.17) is 9.47 Å². The second kappa shape index (κ2) is 9.00.